The average molecular weight is 326 g/mol. The maximum absolute atomic E-state index is 6.06. The summed E-state index contributed by atoms with van der Waals surface area (Å²) in [5.74, 6) is 0. The number of rotatable bonds is 4. The summed E-state index contributed by atoms with van der Waals surface area (Å²) in [6.07, 6.45) is 2.66. The minimum absolute atomic E-state index is 0.226. The first kappa shape index (κ1) is 13.4. The second-order valence-corrected chi connectivity index (χ2v) is 5.28. The van der Waals surface area contributed by atoms with Gasteiger partial charge >= 0.3 is 0 Å². The van der Waals surface area contributed by atoms with Gasteiger partial charge in [0.25, 0.3) is 0 Å². The lowest BCUT2D eigenvalue weighted by atomic mass is 10.0. The van der Waals surface area contributed by atoms with Crippen molar-refractivity contribution < 1.29 is 0 Å². The number of hydrogen-bond acceptors (Lipinski definition) is 2. The van der Waals surface area contributed by atoms with Crippen LogP contribution in [0.2, 0.25) is 5.15 Å². The zero-order chi connectivity index (χ0) is 13.0. The summed E-state index contributed by atoms with van der Waals surface area (Å²) in [7, 11) is 0. The Labute approximate surface area is 121 Å². The summed E-state index contributed by atoms with van der Waals surface area (Å²) in [6.45, 7) is 2.14. The van der Waals surface area contributed by atoms with Crippen LogP contribution in [0.4, 0.5) is 5.69 Å². The second-order valence-electron chi connectivity index (χ2n) is 4.00. The summed E-state index contributed by atoms with van der Waals surface area (Å²) < 4.78 is 1.08. The third-order valence-electron chi connectivity index (χ3n) is 2.75. The smallest absolute Gasteiger partial charge is 0.152 e. The molecule has 1 aromatic heterocycles. The molecule has 18 heavy (non-hydrogen) atoms. The van der Waals surface area contributed by atoms with Crippen molar-refractivity contribution in [2.75, 3.05) is 5.32 Å². The number of halogens is 2. The molecule has 1 aromatic carbocycles. The van der Waals surface area contributed by atoms with Crippen LogP contribution in [0.3, 0.4) is 0 Å². The fourth-order valence-corrected chi connectivity index (χ4v) is 2.42. The quantitative estimate of drug-likeness (QED) is 0.795. The largest absolute Gasteiger partial charge is 0.376 e. The molecule has 0 fully saturated rings. The molecule has 0 radical (unpaired) electrons. The van der Waals surface area contributed by atoms with Crippen LogP contribution < -0.4 is 5.32 Å². The topological polar surface area (TPSA) is 24.9 Å². The second kappa shape index (κ2) is 6.21. The van der Waals surface area contributed by atoms with Crippen LogP contribution in [-0.2, 0) is 0 Å². The molecule has 0 spiro atoms. The number of benzene rings is 1. The number of hydrogen-bond donors (Lipinski definition) is 1. The van der Waals surface area contributed by atoms with E-state index in [4.69, 9.17) is 11.6 Å². The Kier molecular flexibility index (Phi) is 4.61. The van der Waals surface area contributed by atoms with Crippen molar-refractivity contribution in [3.05, 3.63) is 57.8 Å². The Morgan fingerprint density at radius 3 is 2.83 bits per heavy atom. The van der Waals surface area contributed by atoms with E-state index in [1.165, 1.54) is 5.56 Å². The van der Waals surface area contributed by atoms with E-state index in [0.717, 1.165) is 16.6 Å². The first-order valence-corrected chi connectivity index (χ1v) is 7.00. The molecule has 1 N–H and O–H groups in total. The minimum Gasteiger partial charge on any atom is -0.376 e. The van der Waals surface area contributed by atoms with Gasteiger partial charge in [0, 0.05) is 10.7 Å². The third-order valence-corrected chi connectivity index (χ3v) is 3.54. The first-order chi connectivity index (χ1) is 8.70. The molecule has 0 aliphatic carbocycles. The van der Waals surface area contributed by atoms with Crippen molar-refractivity contribution in [1.82, 2.24) is 4.98 Å². The molecule has 0 aliphatic heterocycles. The van der Waals surface area contributed by atoms with Gasteiger partial charge in [0.2, 0.25) is 0 Å². The highest BCUT2D eigenvalue weighted by Gasteiger charge is 2.11. The highest BCUT2D eigenvalue weighted by Crippen LogP contribution is 2.27. The van der Waals surface area contributed by atoms with E-state index in [2.05, 4.69) is 45.3 Å². The maximum Gasteiger partial charge on any atom is 0.152 e. The average Bonchev–Trinajstić information content (AvgIpc) is 2.38. The van der Waals surface area contributed by atoms with Crippen molar-refractivity contribution in [3.63, 3.8) is 0 Å². The molecule has 0 aliphatic rings. The summed E-state index contributed by atoms with van der Waals surface area (Å²) >= 11 is 9.55. The normalized spacial score (nSPS) is 12.2. The molecule has 2 aromatic rings. The van der Waals surface area contributed by atoms with E-state index in [1.807, 2.05) is 24.3 Å². The van der Waals surface area contributed by atoms with Gasteiger partial charge in [-0.3, -0.25) is 0 Å². The molecule has 2 rings (SSSR count). The Hall–Kier alpha value is -1.06. The molecule has 0 saturated carbocycles. The van der Waals surface area contributed by atoms with Gasteiger partial charge in [-0.15, -0.1) is 0 Å². The van der Waals surface area contributed by atoms with E-state index >= 15 is 0 Å². The van der Waals surface area contributed by atoms with Crippen LogP contribution in [-0.4, -0.2) is 4.98 Å². The standard InChI is InChI=1S/C14H14BrClN2/c1-2-12(10-5-3-6-11(15)9-10)18-13-7-4-8-17-14(13)16/h3-9,12,18H,2H2,1H3. The SMILES string of the molecule is CCC(Nc1cccnc1Cl)c1cccc(Br)c1. The van der Waals surface area contributed by atoms with Crippen molar-refractivity contribution in [2.24, 2.45) is 0 Å². The van der Waals surface area contributed by atoms with E-state index in [9.17, 15) is 0 Å². The van der Waals surface area contributed by atoms with Gasteiger partial charge in [-0.05, 0) is 36.2 Å². The number of pyridine rings is 1. The fourth-order valence-electron chi connectivity index (χ4n) is 1.83. The third kappa shape index (κ3) is 3.24. The summed E-state index contributed by atoms with van der Waals surface area (Å²) in [6, 6.07) is 12.3. The van der Waals surface area contributed by atoms with E-state index in [-0.39, 0.29) is 6.04 Å². The molecule has 0 saturated heterocycles. The highest BCUT2D eigenvalue weighted by molar-refractivity contribution is 9.10. The molecule has 94 valence electrons. The van der Waals surface area contributed by atoms with Gasteiger partial charge in [0.1, 0.15) is 0 Å². The number of nitrogens with zero attached hydrogens (tertiary/aromatic N) is 1. The van der Waals surface area contributed by atoms with Crippen LogP contribution in [0.5, 0.6) is 0 Å². The van der Waals surface area contributed by atoms with Crippen molar-refractivity contribution in [3.8, 4) is 0 Å². The monoisotopic (exact) mass is 324 g/mol. The molecular weight excluding hydrogens is 312 g/mol. The Balaban J connectivity index is 2.23. The van der Waals surface area contributed by atoms with Crippen LogP contribution in [0.25, 0.3) is 0 Å². The first-order valence-electron chi connectivity index (χ1n) is 5.83. The van der Waals surface area contributed by atoms with Crippen LogP contribution >= 0.6 is 27.5 Å². The minimum atomic E-state index is 0.226. The molecule has 1 atom stereocenters. The zero-order valence-electron chi connectivity index (χ0n) is 10.0. The molecule has 1 heterocycles. The molecule has 4 heteroatoms. The predicted molar refractivity (Wildman–Crippen MR) is 80.0 cm³/mol. The predicted octanol–water partition coefficient (Wildman–Crippen LogP) is 5.06. The lowest BCUT2D eigenvalue weighted by molar-refractivity contribution is 0.748. The molecule has 0 bridgehead atoms. The van der Waals surface area contributed by atoms with Crippen LogP contribution in [0.1, 0.15) is 24.9 Å². The Bertz CT molecular complexity index is 531. The Morgan fingerprint density at radius 2 is 2.17 bits per heavy atom. The van der Waals surface area contributed by atoms with Gasteiger partial charge in [0.15, 0.2) is 5.15 Å². The van der Waals surface area contributed by atoms with Crippen molar-refractivity contribution >= 4 is 33.2 Å². The lowest BCUT2D eigenvalue weighted by Gasteiger charge is -2.19. The van der Waals surface area contributed by atoms with E-state index in [0.29, 0.717) is 5.15 Å². The van der Waals surface area contributed by atoms with Crippen LogP contribution in [0.15, 0.2) is 47.1 Å². The van der Waals surface area contributed by atoms with Gasteiger partial charge in [-0.25, -0.2) is 4.98 Å². The van der Waals surface area contributed by atoms with E-state index in [1.54, 1.807) is 6.20 Å². The van der Waals surface area contributed by atoms with Gasteiger partial charge < -0.3 is 5.32 Å². The zero-order valence-corrected chi connectivity index (χ0v) is 12.4. The summed E-state index contributed by atoms with van der Waals surface area (Å²) in [5.41, 5.74) is 2.10. The summed E-state index contributed by atoms with van der Waals surface area (Å²) in [5, 5.41) is 3.93. The number of aromatic nitrogens is 1. The number of nitrogens with one attached hydrogen (secondary N) is 1. The van der Waals surface area contributed by atoms with Crippen LogP contribution in [0, 0.1) is 0 Å². The molecule has 1 unspecified atom stereocenters. The summed E-state index contributed by atoms with van der Waals surface area (Å²) in [4.78, 5) is 4.07. The molecular formula is C14H14BrClN2. The lowest BCUT2D eigenvalue weighted by Crippen LogP contribution is -2.10. The molecule has 0 amide bonds. The van der Waals surface area contributed by atoms with Crippen molar-refractivity contribution in [2.45, 2.75) is 19.4 Å². The fraction of sp³-hybridized carbons (Fsp3) is 0.214. The van der Waals surface area contributed by atoms with Gasteiger partial charge in [-0.2, -0.15) is 0 Å². The number of anilines is 1. The maximum atomic E-state index is 6.06. The van der Waals surface area contributed by atoms with E-state index < -0.39 is 0 Å². The molecule has 2 nitrogen and oxygen atoms in total. The van der Waals surface area contributed by atoms with Gasteiger partial charge in [-0.1, -0.05) is 46.6 Å². The van der Waals surface area contributed by atoms with Crippen molar-refractivity contribution in [1.29, 1.82) is 0 Å². The Morgan fingerprint density at radius 1 is 1.33 bits per heavy atom. The van der Waals surface area contributed by atoms with Gasteiger partial charge in [0.05, 0.1) is 11.7 Å². The highest BCUT2D eigenvalue weighted by atomic mass is 79.9.